The molecule has 3 N–H and O–H groups in total. The topological polar surface area (TPSA) is 55.1 Å². The number of carbonyl (C=O) groups excluding carboxylic acids is 1. The van der Waals surface area contributed by atoms with Gasteiger partial charge in [-0.2, -0.15) is 0 Å². The maximum Gasteiger partial charge on any atom is 0.230 e. The molecule has 1 unspecified atom stereocenters. The van der Waals surface area contributed by atoms with Crippen molar-refractivity contribution < 1.29 is 4.79 Å². The first-order chi connectivity index (χ1) is 8.13. The Morgan fingerprint density at radius 3 is 3.06 bits per heavy atom. The van der Waals surface area contributed by atoms with Crippen molar-refractivity contribution in [1.29, 1.82) is 0 Å². The number of hydrogen-bond acceptors (Lipinski definition) is 3. The van der Waals surface area contributed by atoms with Gasteiger partial charge in [-0.3, -0.25) is 4.79 Å². The summed E-state index contributed by atoms with van der Waals surface area (Å²) in [5.41, 5.74) is 6.89. The summed E-state index contributed by atoms with van der Waals surface area (Å²) in [7, 11) is 0. The fourth-order valence-electron chi connectivity index (χ4n) is 1.27. The van der Waals surface area contributed by atoms with Gasteiger partial charge in [-0.15, -0.1) is 18.3 Å². The van der Waals surface area contributed by atoms with Crippen LogP contribution in [0.15, 0.2) is 41.8 Å². The maximum atomic E-state index is 11.4. The van der Waals surface area contributed by atoms with Crippen LogP contribution in [0.4, 0.5) is 0 Å². The minimum absolute atomic E-state index is 0.0149. The summed E-state index contributed by atoms with van der Waals surface area (Å²) in [4.78, 5) is 12.5. The number of carbonyl (C=O) groups is 1. The molecule has 1 atom stereocenters. The number of benzene rings is 1. The average molecular weight is 250 g/mol. The van der Waals surface area contributed by atoms with E-state index >= 15 is 0 Å². The van der Waals surface area contributed by atoms with E-state index in [1.807, 2.05) is 31.2 Å². The van der Waals surface area contributed by atoms with Crippen LogP contribution in [-0.2, 0) is 4.79 Å². The predicted molar refractivity (Wildman–Crippen MR) is 73.0 cm³/mol. The van der Waals surface area contributed by atoms with Gasteiger partial charge in [0.1, 0.15) is 0 Å². The van der Waals surface area contributed by atoms with E-state index in [1.54, 1.807) is 6.08 Å². The molecule has 1 rings (SSSR count). The van der Waals surface area contributed by atoms with Gasteiger partial charge in [0.05, 0.1) is 5.75 Å². The highest BCUT2D eigenvalue weighted by atomic mass is 32.2. The Morgan fingerprint density at radius 1 is 1.65 bits per heavy atom. The molecule has 0 aliphatic rings. The van der Waals surface area contributed by atoms with Gasteiger partial charge in [-0.05, 0) is 24.6 Å². The van der Waals surface area contributed by atoms with Crippen LogP contribution < -0.4 is 11.1 Å². The molecule has 0 aromatic heterocycles. The van der Waals surface area contributed by atoms with E-state index in [1.165, 1.54) is 11.8 Å². The molecule has 17 heavy (non-hydrogen) atoms. The summed E-state index contributed by atoms with van der Waals surface area (Å²) < 4.78 is 0. The minimum atomic E-state index is 0.0149. The number of rotatable bonds is 6. The van der Waals surface area contributed by atoms with E-state index in [-0.39, 0.29) is 11.9 Å². The van der Waals surface area contributed by atoms with Crippen LogP contribution >= 0.6 is 11.8 Å². The molecule has 0 saturated carbocycles. The van der Waals surface area contributed by atoms with Crippen LogP contribution in [0.25, 0.3) is 0 Å². The van der Waals surface area contributed by atoms with Crippen molar-refractivity contribution >= 4 is 17.7 Å². The normalized spacial score (nSPS) is 11.9. The summed E-state index contributed by atoms with van der Waals surface area (Å²) in [5, 5.41) is 2.74. The molecule has 0 aliphatic heterocycles. The molecule has 0 spiro atoms. The van der Waals surface area contributed by atoms with Crippen molar-refractivity contribution in [3.8, 4) is 0 Å². The molecule has 0 radical (unpaired) electrons. The summed E-state index contributed by atoms with van der Waals surface area (Å²) in [6, 6.07) is 7.98. The van der Waals surface area contributed by atoms with Crippen LogP contribution in [0, 0.1) is 0 Å². The number of nitrogens with one attached hydrogen (secondary N) is 1. The molecule has 0 aliphatic carbocycles. The zero-order chi connectivity index (χ0) is 12.7. The highest BCUT2D eigenvalue weighted by Gasteiger charge is 2.04. The zero-order valence-corrected chi connectivity index (χ0v) is 10.8. The van der Waals surface area contributed by atoms with Crippen LogP contribution in [0.5, 0.6) is 0 Å². The van der Waals surface area contributed by atoms with Crippen LogP contribution in [0.2, 0.25) is 0 Å². The van der Waals surface area contributed by atoms with E-state index < -0.39 is 0 Å². The highest BCUT2D eigenvalue weighted by Crippen LogP contribution is 2.21. The first kappa shape index (κ1) is 13.8. The number of amides is 1. The third-order valence-electron chi connectivity index (χ3n) is 2.20. The third-order valence-corrected chi connectivity index (χ3v) is 3.19. The lowest BCUT2D eigenvalue weighted by molar-refractivity contribution is -0.118. The fourth-order valence-corrected chi connectivity index (χ4v) is 2.07. The van der Waals surface area contributed by atoms with E-state index in [2.05, 4.69) is 11.9 Å². The molecule has 1 aromatic carbocycles. The largest absolute Gasteiger partial charge is 0.352 e. The van der Waals surface area contributed by atoms with Crippen LogP contribution in [0.1, 0.15) is 18.5 Å². The molecule has 0 heterocycles. The van der Waals surface area contributed by atoms with E-state index in [9.17, 15) is 4.79 Å². The molecule has 92 valence electrons. The predicted octanol–water partition coefficient (Wildman–Crippen LogP) is 2.10. The zero-order valence-electron chi connectivity index (χ0n) is 9.98. The lowest BCUT2D eigenvalue weighted by Crippen LogP contribution is -2.24. The third kappa shape index (κ3) is 5.06. The van der Waals surface area contributed by atoms with Crippen molar-refractivity contribution in [2.75, 3.05) is 12.3 Å². The van der Waals surface area contributed by atoms with Crippen molar-refractivity contribution in [2.45, 2.75) is 17.9 Å². The average Bonchev–Trinajstić information content (AvgIpc) is 2.34. The lowest BCUT2D eigenvalue weighted by atomic mass is 10.1. The Hall–Kier alpha value is -1.26. The Kier molecular flexibility index (Phi) is 5.80. The molecule has 0 bridgehead atoms. The lowest BCUT2D eigenvalue weighted by Gasteiger charge is -2.07. The molecule has 0 saturated heterocycles. The van der Waals surface area contributed by atoms with Crippen molar-refractivity contribution in [3.63, 3.8) is 0 Å². The summed E-state index contributed by atoms with van der Waals surface area (Å²) in [5.74, 6) is 0.428. The second-order valence-corrected chi connectivity index (χ2v) is 4.79. The molecule has 3 nitrogen and oxygen atoms in total. The van der Waals surface area contributed by atoms with Crippen molar-refractivity contribution in [1.82, 2.24) is 5.32 Å². The Labute approximate surface area is 106 Å². The van der Waals surface area contributed by atoms with E-state index in [0.29, 0.717) is 12.3 Å². The van der Waals surface area contributed by atoms with Gasteiger partial charge in [0.2, 0.25) is 5.91 Å². The monoisotopic (exact) mass is 250 g/mol. The number of hydrogen-bond donors (Lipinski definition) is 2. The molecule has 0 fully saturated rings. The van der Waals surface area contributed by atoms with E-state index in [0.717, 1.165) is 10.5 Å². The highest BCUT2D eigenvalue weighted by molar-refractivity contribution is 8.00. The van der Waals surface area contributed by atoms with Gasteiger partial charge in [-0.1, -0.05) is 18.2 Å². The van der Waals surface area contributed by atoms with E-state index in [4.69, 9.17) is 5.73 Å². The maximum absolute atomic E-state index is 11.4. The van der Waals surface area contributed by atoms with Gasteiger partial charge in [0, 0.05) is 17.5 Å². The molecular formula is C13H18N2OS. The molecule has 4 heteroatoms. The second kappa shape index (κ2) is 7.14. The van der Waals surface area contributed by atoms with Crippen LogP contribution in [-0.4, -0.2) is 18.2 Å². The summed E-state index contributed by atoms with van der Waals surface area (Å²) in [6.45, 7) is 6.00. The Bertz CT molecular complexity index is 391. The van der Waals surface area contributed by atoms with Gasteiger partial charge < -0.3 is 11.1 Å². The van der Waals surface area contributed by atoms with Crippen molar-refractivity contribution in [3.05, 3.63) is 42.5 Å². The SMILES string of the molecule is C=CCNC(=O)CSc1cccc(C(C)N)c1. The molecule has 1 aromatic rings. The minimum Gasteiger partial charge on any atom is -0.352 e. The first-order valence-electron chi connectivity index (χ1n) is 5.49. The number of thioether (sulfide) groups is 1. The van der Waals surface area contributed by atoms with Gasteiger partial charge in [0.25, 0.3) is 0 Å². The standard InChI is InChI=1S/C13H18N2OS/c1-3-7-15-13(16)9-17-12-6-4-5-11(8-12)10(2)14/h3-6,8,10H,1,7,9,14H2,2H3,(H,15,16). The van der Waals surface area contributed by atoms with Gasteiger partial charge in [0.15, 0.2) is 0 Å². The molecule has 1 amide bonds. The first-order valence-corrected chi connectivity index (χ1v) is 6.48. The van der Waals surface area contributed by atoms with Crippen molar-refractivity contribution in [2.24, 2.45) is 5.73 Å². The summed E-state index contributed by atoms with van der Waals surface area (Å²) >= 11 is 1.51. The number of nitrogens with two attached hydrogens (primary N) is 1. The summed E-state index contributed by atoms with van der Waals surface area (Å²) in [6.07, 6.45) is 1.67. The van der Waals surface area contributed by atoms with Gasteiger partial charge >= 0.3 is 0 Å². The molecular weight excluding hydrogens is 232 g/mol. The second-order valence-electron chi connectivity index (χ2n) is 3.74. The quantitative estimate of drug-likeness (QED) is 0.600. The van der Waals surface area contributed by atoms with Crippen LogP contribution in [0.3, 0.4) is 0 Å². The Morgan fingerprint density at radius 2 is 2.41 bits per heavy atom. The Balaban J connectivity index is 2.48. The van der Waals surface area contributed by atoms with Gasteiger partial charge in [-0.25, -0.2) is 0 Å². The fraction of sp³-hybridized carbons (Fsp3) is 0.308. The smallest absolute Gasteiger partial charge is 0.230 e.